The van der Waals surface area contributed by atoms with Crippen molar-refractivity contribution in [3.8, 4) is 0 Å². The molecule has 0 fully saturated rings. The van der Waals surface area contributed by atoms with Gasteiger partial charge >= 0.3 is 0 Å². The summed E-state index contributed by atoms with van der Waals surface area (Å²) in [6.07, 6.45) is 0.265. The van der Waals surface area contributed by atoms with Gasteiger partial charge in [0.1, 0.15) is 5.82 Å². The van der Waals surface area contributed by atoms with Gasteiger partial charge in [-0.1, -0.05) is 24.6 Å². The van der Waals surface area contributed by atoms with E-state index in [4.69, 9.17) is 11.6 Å². The van der Waals surface area contributed by atoms with Crippen molar-refractivity contribution >= 4 is 17.4 Å². The molecule has 0 aromatic heterocycles. The minimum absolute atomic E-state index is 0.00154. The fraction of sp³-hybridized carbons (Fsp3) is 0.222. The average Bonchev–Trinajstić information content (AvgIpc) is 2.03. The van der Waals surface area contributed by atoms with Crippen LogP contribution in [-0.2, 0) is 0 Å². The van der Waals surface area contributed by atoms with Gasteiger partial charge in [-0.3, -0.25) is 4.79 Å². The van der Waals surface area contributed by atoms with Gasteiger partial charge in [-0.15, -0.1) is 0 Å². The summed E-state index contributed by atoms with van der Waals surface area (Å²) in [6, 6.07) is 4.21. The summed E-state index contributed by atoms with van der Waals surface area (Å²) in [5, 5.41) is 0.182. The third-order valence-electron chi connectivity index (χ3n) is 1.56. The predicted octanol–water partition coefficient (Wildman–Crippen LogP) is 3.07. The number of hydrogen-bond donors (Lipinski definition) is 0. The monoisotopic (exact) mass is 186 g/mol. The maximum atomic E-state index is 13.0. The Labute approximate surface area is 75.2 Å². The number of carbonyl (C=O) groups is 1. The summed E-state index contributed by atoms with van der Waals surface area (Å²) in [6.45, 7) is 1.67. The number of carbonyl (C=O) groups excluding carboxylic acids is 1. The first-order valence-corrected chi connectivity index (χ1v) is 4.01. The van der Waals surface area contributed by atoms with Crippen LogP contribution >= 0.6 is 11.6 Å². The number of rotatable bonds is 2. The fourth-order valence-electron chi connectivity index (χ4n) is 0.941. The summed E-state index contributed by atoms with van der Waals surface area (Å²) >= 11 is 5.64. The lowest BCUT2D eigenvalue weighted by molar-refractivity contribution is 0.0984. The topological polar surface area (TPSA) is 17.1 Å². The van der Waals surface area contributed by atoms with Crippen molar-refractivity contribution in [1.82, 2.24) is 0 Å². The second kappa shape index (κ2) is 3.68. The maximum absolute atomic E-state index is 13.0. The lowest BCUT2D eigenvalue weighted by Gasteiger charge is -2.01. The van der Waals surface area contributed by atoms with Gasteiger partial charge < -0.3 is 0 Å². The van der Waals surface area contributed by atoms with Gasteiger partial charge in [0.15, 0.2) is 5.78 Å². The zero-order valence-electron chi connectivity index (χ0n) is 6.60. The molecule has 1 nitrogen and oxygen atoms in total. The highest BCUT2D eigenvalue weighted by Crippen LogP contribution is 2.20. The van der Waals surface area contributed by atoms with E-state index in [0.29, 0.717) is 0 Å². The molecule has 0 saturated heterocycles. The number of halogens is 2. The zero-order chi connectivity index (χ0) is 9.14. The summed E-state index contributed by atoms with van der Waals surface area (Å²) < 4.78 is 13.0. The summed E-state index contributed by atoms with van der Waals surface area (Å²) in [7, 11) is 0. The van der Waals surface area contributed by atoms with Gasteiger partial charge in [-0.05, 0) is 12.1 Å². The molecule has 0 aliphatic heterocycles. The van der Waals surface area contributed by atoms with Gasteiger partial charge in [0.2, 0.25) is 0 Å². The summed E-state index contributed by atoms with van der Waals surface area (Å²) in [5.74, 6) is -0.813. The molecule has 0 atom stereocenters. The van der Waals surface area contributed by atoms with Crippen LogP contribution < -0.4 is 0 Å². The molecule has 0 amide bonds. The molecule has 1 rings (SSSR count). The van der Waals surface area contributed by atoms with Crippen molar-refractivity contribution in [3.63, 3.8) is 0 Å². The Bertz CT molecular complexity index is 289. The third kappa shape index (κ3) is 1.64. The lowest BCUT2D eigenvalue weighted by atomic mass is 10.1. The van der Waals surface area contributed by atoms with E-state index in [-0.39, 0.29) is 22.8 Å². The van der Waals surface area contributed by atoms with Crippen molar-refractivity contribution < 1.29 is 9.18 Å². The number of Topliss-reactive ketones (excluding diaryl/α,β-unsaturated/α-hetero) is 1. The maximum Gasteiger partial charge on any atom is 0.167 e. The van der Waals surface area contributed by atoms with Crippen LogP contribution in [-0.4, -0.2) is 5.78 Å². The molecule has 3 heteroatoms. The van der Waals surface area contributed by atoms with E-state index < -0.39 is 5.82 Å². The molecular weight excluding hydrogens is 179 g/mol. The van der Waals surface area contributed by atoms with Crippen molar-refractivity contribution in [2.75, 3.05) is 0 Å². The smallest absolute Gasteiger partial charge is 0.167 e. The molecule has 0 heterocycles. The van der Waals surface area contributed by atoms with Gasteiger partial charge in [-0.2, -0.15) is 0 Å². The molecule has 1 aromatic carbocycles. The van der Waals surface area contributed by atoms with Crippen LogP contribution in [0.4, 0.5) is 4.39 Å². The summed E-state index contributed by atoms with van der Waals surface area (Å²) in [4.78, 5) is 11.1. The molecule has 12 heavy (non-hydrogen) atoms. The van der Waals surface area contributed by atoms with Crippen LogP contribution in [0.15, 0.2) is 18.2 Å². The molecule has 0 bridgehead atoms. The predicted molar refractivity (Wildman–Crippen MR) is 46.0 cm³/mol. The van der Waals surface area contributed by atoms with Crippen molar-refractivity contribution in [2.24, 2.45) is 0 Å². The minimum Gasteiger partial charge on any atom is -0.294 e. The fourth-order valence-corrected chi connectivity index (χ4v) is 1.21. The second-order valence-electron chi connectivity index (χ2n) is 2.37. The van der Waals surface area contributed by atoms with Crippen molar-refractivity contribution in [3.05, 3.63) is 34.6 Å². The Morgan fingerprint density at radius 2 is 2.25 bits per heavy atom. The highest BCUT2D eigenvalue weighted by Gasteiger charge is 2.12. The van der Waals surface area contributed by atoms with E-state index in [2.05, 4.69) is 0 Å². The van der Waals surface area contributed by atoms with Crippen LogP contribution in [0.3, 0.4) is 0 Å². The molecule has 0 N–H and O–H groups in total. The summed E-state index contributed by atoms with van der Waals surface area (Å²) in [5.41, 5.74) is 0.00154. The molecule has 1 aromatic rings. The van der Waals surface area contributed by atoms with E-state index in [1.807, 2.05) is 0 Å². The van der Waals surface area contributed by atoms with Gasteiger partial charge in [-0.25, -0.2) is 4.39 Å². The van der Waals surface area contributed by atoms with E-state index in [1.165, 1.54) is 18.2 Å². The second-order valence-corrected chi connectivity index (χ2v) is 2.78. The standard InChI is InChI=1S/C9H8ClFO/c1-2-8(12)9-6(10)4-3-5-7(9)11/h3-5H,2H2,1H3. The first kappa shape index (κ1) is 9.20. The molecular formula is C9H8ClFO. The van der Waals surface area contributed by atoms with Crippen molar-refractivity contribution in [1.29, 1.82) is 0 Å². The first-order chi connectivity index (χ1) is 5.66. The van der Waals surface area contributed by atoms with E-state index in [1.54, 1.807) is 6.92 Å². The van der Waals surface area contributed by atoms with E-state index in [9.17, 15) is 9.18 Å². The minimum atomic E-state index is -0.547. The Morgan fingerprint density at radius 3 is 2.75 bits per heavy atom. The lowest BCUT2D eigenvalue weighted by Crippen LogP contribution is -2.01. The number of ketones is 1. The van der Waals surface area contributed by atoms with Crippen molar-refractivity contribution in [2.45, 2.75) is 13.3 Å². The zero-order valence-corrected chi connectivity index (χ0v) is 7.36. The highest BCUT2D eigenvalue weighted by molar-refractivity contribution is 6.33. The molecule has 0 unspecified atom stereocenters. The van der Waals surface area contributed by atoms with E-state index >= 15 is 0 Å². The van der Waals surface area contributed by atoms with E-state index in [0.717, 1.165) is 0 Å². The average molecular weight is 187 g/mol. The molecule has 0 spiro atoms. The largest absolute Gasteiger partial charge is 0.294 e. The van der Waals surface area contributed by atoms with Crippen LogP contribution in [0.5, 0.6) is 0 Å². The number of benzene rings is 1. The van der Waals surface area contributed by atoms with Crippen LogP contribution in [0, 0.1) is 5.82 Å². The van der Waals surface area contributed by atoms with Gasteiger partial charge in [0.25, 0.3) is 0 Å². The molecule has 64 valence electrons. The first-order valence-electron chi connectivity index (χ1n) is 3.64. The molecule has 0 saturated carbocycles. The molecule has 0 radical (unpaired) electrons. The number of hydrogen-bond acceptors (Lipinski definition) is 1. The SMILES string of the molecule is CCC(=O)c1c(F)cccc1Cl. The Morgan fingerprint density at radius 1 is 1.58 bits per heavy atom. The molecule has 0 aliphatic carbocycles. The quantitative estimate of drug-likeness (QED) is 0.649. The highest BCUT2D eigenvalue weighted by atomic mass is 35.5. The van der Waals surface area contributed by atoms with Gasteiger partial charge in [0.05, 0.1) is 10.6 Å². The third-order valence-corrected chi connectivity index (χ3v) is 1.88. The Kier molecular flexibility index (Phi) is 2.82. The van der Waals surface area contributed by atoms with Crippen LogP contribution in [0.25, 0.3) is 0 Å². The Balaban J connectivity index is 3.21. The van der Waals surface area contributed by atoms with Gasteiger partial charge in [0, 0.05) is 6.42 Å². The molecule has 0 aliphatic rings. The normalized spacial score (nSPS) is 9.92. The van der Waals surface area contributed by atoms with Crippen LogP contribution in [0.2, 0.25) is 5.02 Å². The Hall–Kier alpha value is -0.890. The van der Waals surface area contributed by atoms with Crippen LogP contribution in [0.1, 0.15) is 23.7 Å².